The maximum absolute atomic E-state index is 6.11. The fourth-order valence-corrected chi connectivity index (χ4v) is 3.05. The van der Waals surface area contributed by atoms with E-state index in [9.17, 15) is 0 Å². The van der Waals surface area contributed by atoms with Crippen molar-refractivity contribution in [2.75, 3.05) is 11.4 Å². The Bertz CT molecular complexity index is 676. The first-order chi connectivity index (χ1) is 10.1. The molecule has 1 aliphatic rings. The van der Waals surface area contributed by atoms with Gasteiger partial charge >= 0.3 is 0 Å². The van der Waals surface area contributed by atoms with E-state index >= 15 is 0 Å². The number of guanidine groups is 1. The van der Waals surface area contributed by atoms with Crippen molar-refractivity contribution in [3.63, 3.8) is 0 Å². The number of halogens is 1. The maximum atomic E-state index is 6.11. The molecule has 2 N–H and O–H groups in total. The summed E-state index contributed by atoms with van der Waals surface area (Å²) in [6.07, 6.45) is 3.78. The van der Waals surface area contributed by atoms with Crippen molar-refractivity contribution in [1.82, 2.24) is 9.55 Å². The van der Waals surface area contributed by atoms with Crippen molar-refractivity contribution >= 4 is 27.6 Å². The zero-order chi connectivity index (χ0) is 15.0. The highest BCUT2D eigenvalue weighted by molar-refractivity contribution is 9.10. The Morgan fingerprint density at radius 2 is 2.19 bits per heavy atom. The number of anilines is 1. The Hall–Kier alpha value is -1.82. The first-order valence-corrected chi connectivity index (χ1v) is 7.73. The summed E-state index contributed by atoms with van der Waals surface area (Å²) >= 11 is 3.51. The number of aliphatic imine (C=N–C) groups is 1. The molecule has 0 amide bonds. The average molecular weight is 348 g/mol. The summed E-state index contributed by atoms with van der Waals surface area (Å²) in [4.78, 5) is 10.8. The third kappa shape index (κ3) is 2.55. The van der Waals surface area contributed by atoms with Crippen molar-refractivity contribution in [3.8, 4) is 0 Å². The molecule has 5 nitrogen and oxygen atoms in total. The molecule has 0 aliphatic carbocycles. The molecule has 2 aromatic rings. The first-order valence-electron chi connectivity index (χ1n) is 6.94. The van der Waals surface area contributed by atoms with Crippen LogP contribution >= 0.6 is 15.9 Å². The highest BCUT2D eigenvalue weighted by Crippen LogP contribution is 2.33. The molecule has 1 aliphatic heterocycles. The van der Waals surface area contributed by atoms with Gasteiger partial charge in [-0.25, -0.2) is 4.98 Å². The van der Waals surface area contributed by atoms with E-state index in [0.717, 1.165) is 15.9 Å². The molecule has 3 rings (SSSR count). The smallest absolute Gasteiger partial charge is 0.196 e. The lowest BCUT2D eigenvalue weighted by Crippen LogP contribution is -2.37. The van der Waals surface area contributed by atoms with Gasteiger partial charge in [-0.1, -0.05) is 22.0 Å². The van der Waals surface area contributed by atoms with Gasteiger partial charge in [0.2, 0.25) is 0 Å². The Morgan fingerprint density at radius 1 is 1.38 bits per heavy atom. The molecule has 0 saturated carbocycles. The molecule has 0 saturated heterocycles. The molecule has 21 heavy (non-hydrogen) atoms. The molecule has 6 heteroatoms. The number of rotatable bonds is 3. The molecular weight excluding hydrogens is 330 g/mol. The fourth-order valence-electron chi connectivity index (χ4n) is 2.67. The quantitative estimate of drug-likeness (QED) is 0.927. The van der Waals surface area contributed by atoms with Crippen molar-refractivity contribution in [1.29, 1.82) is 0 Å². The number of hydrogen-bond acceptors (Lipinski definition) is 4. The second kappa shape index (κ2) is 5.52. The molecule has 0 radical (unpaired) electrons. The summed E-state index contributed by atoms with van der Waals surface area (Å²) in [6.45, 7) is 4.94. The number of hydrogen-bond donors (Lipinski definition) is 1. The first kappa shape index (κ1) is 14.1. The van der Waals surface area contributed by atoms with Crippen molar-refractivity contribution in [2.24, 2.45) is 10.7 Å². The fraction of sp³-hybridized carbons (Fsp3) is 0.333. The van der Waals surface area contributed by atoms with Gasteiger partial charge in [-0.3, -0.25) is 4.99 Å². The summed E-state index contributed by atoms with van der Waals surface area (Å²) in [6, 6.07) is 8.54. The van der Waals surface area contributed by atoms with E-state index < -0.39 is 0 Å². The van der Waals surface area contributed by atoms with Gasteiger partial charge < -0.3 is 15.2 Å². The topological polar surface area (TPSA) is 59.4 Å². The largest absolute Gasteiger partial charge is 0.369 e. The minimum atomic E-state index is 0.0872. The Kier molecular flexibility index (Phi) is 3.71. The summed E-state index contributed by atoms with van der Waals surface area (Å²) in [5.74, 6) is 0.551. The van der Waals surface area contributed by atoms with Gasteiger partial charge in [0.25, 0.3) is 0 Å². The zero-order valence-electron chi connectivity index (χ0n) is 12.1. The molecule has 0 spiro atoms. The molecule has 2 heterocycles. The molecule has 1 unspecified atom stereocenters. The highest BCUT2D eigenvalue weighted by Gasteiger charge is 2.31. The highest BCUT2D eigenvalue weighted by atomic mass is 79.9. The van der Waals surface area contributed by atoms with Crippen LogP contribution in [0.4, 0.5) is 5.69 Å². The molecule has 1 aromatic carbocycles. The average Bonchev–Trinajstić information content (AvgIpc) is 3.04. The second-order valence-electron chi connectivity index (χ2n) is 5.38. The van der Waals surface area contributed by atoms with E-state index in [0.29, 0.717) is 18.5 Å². The van der Waals surface area contributed by atoms with Crippen LogP contribution in [-0.2, 0) is 0 Å². The summed E-state index contributed by atoms with van der Waals surface area (Å²) in [7, 11) is 0. The standard InChI is InChI=1S/C15H18BrN5/c1-10(2)20-9-18-7-13(20)14-8-19-15(17)21(14)12-5-3-4-11(16)6-12/h3-7,9-10,14H,8H2,1-2H3,(H2,17,19). The van der Waals surface area contributed by atoms with E-state index in [-0.39, 0.29) is 6.04 Å². The predicted octanol–water partition coefficient (Wildman–Crippen LogP) is 3.10. The Balaban J connectivity index is 2.01. The second-order valence-corrected chi connectivity index (χ2v) is 6.30. The van der Waals surface area contributed by atoms with Crippen LogP contribution < -0.4 is 10.6 Å². The Morgan fingerprint density at radius 3 is 2.90 bits per heavy atom. The number of nitrogens with two attached hydrogens (primary N) is 1. The number of aromatic nitrogens is 2. The van der Waals surface area contributed by atoms with Crippen LogP contribution in [0.25, 0.3) is 0 Å². The van der Waals surface area contributed by atoms with E-state index in [1.807, 2.05) is 30.7 Å². The van der Waals surface area contributed by atoms with E-state index in [4.69, 9.17) is 5.73 Å². The molecule has 110 valence electrons. The summed E-state index contributed by atoms with van der Waals surface area (Å²) in [5, 5.41) is 0. The molecule has 0 fully saturated rings. The van der Waals surface area contributed by atoms with Crippen molar-refractivity contribution < 1.29 is 0 Å². The number of nitrogens with zero attached hydrogens (tertiary/aromatic N) is 4. The van der Waals surface area contributed by atoms with Crippen LogP contribution in [0.3, 0.4) is 0 Å². The van der Waals surface area contributed by atoms with Gasteiger partial charge in [0, 0.05) is 16.2 Å². The lowest BCUT2D eigenvalue weighted by Gasteiger charge is -2.28. The molecule has 1 atom stereocenters. The minimum absolute atomic E-state index is 0.0872. The van der Waals surface area contributed by atoms with Crippen LogP contribution in [0, 0.1) is 0 Å². The summed E-state index contributed by atoms with van der Waals surface area (Å²) < 4.78 is 3.19. The van der Waals surface area contributed by atoms with Crippen LogP contribution in [0.15, 0.2) is 46.3 Å². The minimum Gasteiger partial charge on any atom is -0.369 e. The van der Waals surface area contributed by atoms with E-state index in [1.54, 1.807) is 0 Å². The molecule has 1 aromatic heterocycles. The van der Waals surface area contributed by atoms with Gasteiger partial charge in [0.05, 0.1) is 30.8 Å². The van der Waals surface area contributed by atoms with Gasteiger partial charge in [0.15, 0.2) is 5.96 Å². The maximum Gasteiger partial charge on any atom is 0.196 e. The van der Waals surface area contributed by atoms with Crippen LogP contribution in [-0.4, -0.2) is 22.1 Å². The molecular formula is C15H18BrN5. The monoisotopic (exact) mass is 347 g/mol. The summed E-state index contributed by atoms with van der Waals surface area (Å²) in [5.41, 5.74) is 8.28. The van der Waals surface area contributed by atoms with Crippen LogP contribution in [0.5, 0.6) is 0 Å². The Labute approximate surface area is 132 Å². The zero-order valence-corrected chi connectivity index (χ0v) is 13.7. The van der Waals surface area contributed by atoms with Gasteiger partial charge in [-0.05, 0) is 32.0 Å². The van der Waals surface area contributed by atoms with E-state index in [2.05, 4.69) is 55.3 Å². The lowest BCUT2D eigenvalue weighted by molar-refractivity contribution is 0.549. The van der Waals surface area contributed by atoms with Crippen LogP contribution in [0.2, 0.25) is 0 Å². The third-order valence-corrected chi connectivity index (χ3v) is 4.16. The number of imidazole rings is 1. The van der Waals surface area contributed by atoms with E-state index in [1.165, 1.54) is 0 Å². The molecule has 0 bridgehead atoms. The third-order valence-electron chi connectivity index (χ3n) is 3.66. The number of benzene rings is 1. The van der Waals surface area contributed by atoms with Crippen LogP contribution in [0.1, 0.15) is 31.6 Å². The predicted molar refractivity (Wildman–Crippen MR) is 88.5 cm³/mol. The normalized spacial score (nSPS) is 18.4. The SMILES string of the molecule is CC(C)n1cncc1C1CN=C(N)N1c1cccc(Br)c1. The van der Waals surface area contributed by atoms with Gasteiger partial charge in [-0.15, -0.1) is 0 Å². The van der Waals surface area contributed by atoms with Gasteiger partial charge in [0.1, 0.15) is 0 Å². The van der Waals surface area contributed by atoms with Gasteiger partial charge in [-0.2, -0.15) is 0 Å². The van der Waals surface area contributed by atoms with Crippen molar-refractivity contribution in [2.45, 2.75) is 25.9 Å². The lowest BCUT2D eigenvalue weighted by atomic mass is 10.1. The van der Waals surface area contributed by atoms with Crippen molar-refractivity contribution in [3.05, 3.63) is 47.0 Å².